The highest BCUT2D eigenvalue weighted by Crippen LogP contribution is 2.21. The molecule has 0 radical (unpaired) electrons. The minimum Gasteiger partial charge on any atom is -0.481 e. The molecule has 4 rings (SSSR count). The van der Waals surface area contributed by atoms with E-state index in [1.54, 1.807) is 12.4 Å². The topological polar surface area (TPSA) is 816 Å². The summed E-state index contributed by atoms with van der Waals surface area (Å²) in [5.74, 6) is -8.45. The molecule has 0 aliphatic heterocycles. The number of ketones is 8. The van der Waals surface area contributed by atoms with Gasteiger partial charge in [0.25, 0.3) is 40.7 Å². The van der Waals surface area contributed by atoms with E-state index >= 15 is 0 Å². The highest BCUT2D eigenvalue weighted by Gasteiger charge is 2.29. The van der Waals surface area contributed by atoms with Crippen LogP contribution in [0.4, 0.5) is 0 Å². The third-order valence-corrected chi connectivity index (χ3v) is 16.9. The lowest BCUT2D eigenvalue weighted by atomic mass is 9.94. The van der Waals surface area contributed by atoms with E-state index in [1.165, 1.54) is 51.9 Å². The van der Waals surface area contributed by atoms with Crippen LogP contribution in [0.15, 0.2) is 50.1 Å². The Morgan fingerprint density at radius 2 is 0.548 bits per heavy atom. The van der Waals surface area contributed by atoms with E-state index in [0.717, 1.165) is 0 Å². The van der Waals surface area contributed by atoms with Gasteiger partial charge in [-0.15, -0.1) is 80.9 Å². The molecule has 8 atom stereocenters. The number of esters is 2. The van der Waals surface area contributed by atoms with Crippen molar-refractivity contribution in [3.05, 3.63) is 154 Å². The third kappa shape index (κ3) is 57.8. The van der Waals surface area contributed by atoms with Crippen molar-refractivity contribution in [2.45, 2.75) is 191 Å². The highest BCUT2D eigenvalue weighted by atomic mass is 17.0. The molecule has 0 aromatic carbocycles. The fraction of sp³-hybridized carbons (Fsp3) is 0.647. The van der Waals surface area contributed by atoms with Gasteiger partial charge in [0.1, 0.15) is 86.5 Å². The fourth-order valence-electron chi connectivity index (χ4n) is 11.1. The standard InChI is InChI=1S/C18H26N4O10.C17H24N4O11.C17H24N4O10.C16H22N4O11/c1-30-18(25)13(8-14-10-19-12-20-14)9-16(24)6-2-4-15(23)5-3-7-17(32-22(28)29)11-31-21(26)27;1-29-17(24)12(5-13-7-18-11-19-13)6-14(22)3-2-4-15(23)8-30-9-16(32-21(27)28)10-31-20(25)26;22-14(4-2-6-16(31-21(28)29)10-30-20(26)27)3-1-5-15(23)8-12(17(24)25)7-13-9-18-11-19-13;21-13(5-11(16(23)24)4-12-6-17-10-18-12)2-1-3-14(22)7-29-8-15(31-20(27)28)9-30-19(25)26/h10,12-13,17H,2-9,11H2,1H3,(H,19,20);7,11-12,16H,2-6,8-10H2,1H3,(H,18,19);9,11-12,16H,1-8,10H2,(H,18,19)(H,24,25);6,10-11,15H,1-5,7-9H2,(H,17,18)(H,23,24). The Hall–Kier alpha value is -14.4. The Morgan fingerprint density at radius 3 is 0.786 bits per heavy atom. The number of hydrogen-bond donors (Lipinski definition) is 6. The average molecular weight is 1810 g/mol. The molecule has 4 aromatic rings. The molecule has 0 saturated carbocycles. The van der Waals surface area contributed by atoms with E-state index in [1.807, 2.05) is 0 Å². The predicted molar refractivity (Wildman–Crippen MR) is 405 cm³/mol. The summed E-state index contributed by atoms with van der Waals surface area (Å²) in [6, 6.07) is 0. The van der Waals surface area contributed by atoms with Gasteiger partial charge in [0.05, 0.1) is 76.4 Å². The van der Waals surface area contributed by atoms with Gasteiger partial charge >= 0.3 is 23.9 Å². The van der Waals surface area contributed by atoms with Crippen LogP contribution in [-0.2, 0) is 141 Å². The van der Waals surface area contributed by atoms with Gasteiger partial charge in [-0.3, -0.25) is 57.5 Å². The van der Waals surface area contributed by atoms with E-state index in [-0.39, 0.29) is 201 Å². The van der Waals surface area contributed by atoms with Gasteiger partial charge in [-0.05, 0) is 51.4 Å². The number of Topliss-reactive ketones (excluding diaryl/α,β-unsaturated/α-hetero) is 8. The predicted octanol–water partition coefficient (Wildman–Crippen LogP) is 3.10. The smallest absolute Gasteiger partial charge is 0.309 e. The number of imidazole rings is 4. The molecular weight excluding hydrogens is 1710 g/mol. The maximum atomic E-state index is 12.2. The first-order valence-electron chi connectivity index (χ1n) is 37.9. The molecule has 0 aliphatic carbocycles. The number of ether oxygens (including phenoxy) is 4. The lowest BCUT2D eigenvalue weighted by Gasteiger charge is -2.14. The number of carbonyl (C=O) groups excluding carboxylic acids is 10. The third-order valence-electron chi connectivity index (χ3n) is 16.9. The van der Waals surface area contributed by atoms with Crippen LogP contribution in [-0.4, -0.2) is 252 Å². The number of nitrogens with one attached hydrogen (secondary N) is 4. The van der Waals surface area contributed by atoms with Gasteiger partial charge in [-0.1, -0.05) is 0 Å². The summed E-state index contributed by atoms with van der Waals surface area (Å²) in [5, 5.41) is 91.7. The second-order valence-corrected chi connectivity index (χ2v) is 26.9. The maximum Gasteiger partial charge on any atom is 0.309 e. The molecule has 4 heterocycles. The zero-order valence-corrected chi connectivity index (χ0v) is 67.9. The molecule has 6 N–H and O–H groups in total. The van der Waals surface area contributed by atoms with Crippen molar-refractivity contribution >= 4 is 70.1 Å². The molecule has 58 heteroatoms. The van der Waals surface area contributed by atoms with Crippen LogP contribution in [0.1, 0.15) is 164 Å². The quantitative estimate of drug-likeness (QED) is 0.0210. The summed E-state index contributed by atoms with van der Waals surface area (Å²) in [4.78, 5) is 284. The Morgan fingerprint density at radius 1 is 0.317 bits per heavy atom. The van der Waals surface area contributed by atoms with Crippen LogP contribution >= 0.6 is 0 Å². The molecule has 0 fully saturated rings. The van der Waals surface area contributed by atoms with E-state index < -0.39 is 171 Å². The fourth-order valence-corrected chi connectivity index (χ4v) is 11.1. The molecule has 4 aromatic heterocycles. The van der Waals surface area contributed by atoms with Gasteiger partial charge in [-0.25, -0.2) is 19.9 Å². The minimum atomic E-state index is -1.39. The molecule has 8 unspecified atom stereocenters. The van der Waals surface area contributed by atoms with Crippen LogP contribution in [0, 0.1) is 105 Å². The number of aromatic amines is 4. The van der Waals surface area contributed by atoms with E-state index in [0.29, 0.717) is 29.2 Å². The average Bonchev–Trinajstić information content (AvgIpc) is 1.80. The zero-order valence-electron chi connectivity index (χ0n) is 67.9. The SMILES string of the molecule is COC(=O)C(CC(=O)CCCC(=O)CCCC(CO[N+](=O)[O-])O[N+](=O)[O-])Cc1cnc[nH]1.COC(=O)C(CC(=O)CCCC(=O)COCC(CO[N+](=O)[O-])O[N+](=O)[O-])Cc1cnc[nH]1.O=C(CCCC(=O)CC(Cc1cnc[nH]1)C(=O)O)CCCC(CO[N+](=O)[O-])O[N+](=O)[O-].O=C(CCCC(=O)CC(Cc1cnc[nH]1)C(=O)O)COCC(CO[N+](=O)[O-])O[N+](=O)[O-]. The molecule has 0 bridgehead atoms. The van der Waals surface area contributed by atoms with Gasteiger partial charge in [0.15, 0.2) is 23.8 Å². The number of hydrogen-bond acceptors (Lipinski definition) is 44. The summed E-state index contributed by atoms with van der Waals surface area (Å²) in [5.41, 5.74) is 2.59. The molecule has 700 valence electrons. The number of carbonyl (C=O) groups is 12. The van der Waals surface area contributed by atoms with Crippen molar-refractivity contribution in [3.63, 3.8) is 0 Å². The second-order valence-electron chi connectivity index (χ2n) is 26.9. The van der Waals surface area contributed by atoms with Crippen LogP contribution < -0.4 is 0 Å². The molecule has 0 saturated heterocycles. The molecule has 0 aliphatic rings. The van der Waals surface area contributed by atoms with Crippen LogP contribution in [0.5, 0.6) is 0 Å². The maximum absolute atomic E-state index is 12.2. The minimum absolute atomic E-state index is 0.00133. The largest absolute Gasteiger partial charge is 0.481 e. The number of carboxylic acids is 2. The lowest BCUT2D eigenvalue weighted by Crippen LogP contribution is -2.30. The van der Waals surface area contributed by atoms with Crippen LogP contribution in [0.2, 0.25) is 0 Å². The Kier molecular flexibility index (Phi) is 56.0. The summed E-state index contributed by atoms with van der Waals surface area (Å²) in [6.07, 6.45) is 9.09. The summed E-state index contributed by atoms with van der Waals surface area (Å²) >= 11 is 0. The van der Waals surface area contributed by atoms with Gasteiger partial charge in [0.2, 0.25) is 0 Å². The number of aliphatic carboxylic acids is 2. The van der Waals surface area contributed by atoms with Crippen molar-refractivity contribution in [1.82, 2.24) is 39.9 Å². The molecule has 58 nitrogen and oxygen atoms in total. The highest BCUT2D eigenvalue weighted by molar-refractivity contribution is 5.88. The first kappa shape index (κ1) is 110. The van der Waals surface area contributed by atoms with E-state index in [4.69, 9.17) is 18.9 Å². The molecule has 126 heavy (non-hydrogen) atoms. The Bertz CT molecular complexity index is 3800. The second kappa shape index (κ2) is 64.4. The van der Waals surface area contributed by atoms with Crippen molar-refractivity contribution < 1.29 is 166 Å². The zero-order chi connectivity index (χ0) is 94.3. The van der Waals surface area contributed by atoms with Crippen molar-refractivity contribution in [1.29, 1.82) is 0 Å². The Balaban J connectivity index is 0.000000840. The van der Waals surface area contributed by atoms with Gasteiger partial charge in [-0.2, -0.15) is 0 Å². The molecule has 0 amide bonds. The van der Waals surface area contributed by atoms with Gasteiger partial charge < -0.3 is 87.8 Å². The number of H-pyrrole nitrogens is 4. The first-order valence-corrected chi connectivity index (χ1v) is 37.9. The van der Waals surface area contributed by atoms with Crippen molar-refractivity contribution in [3.8, 4) is 0 Å². The normalized spacial score (nSPS) is 12.5. The molecule has 0 spiro atoms. The number of methoxy groups -OCH3 is 2. The summed E-state index contributed by atoms with van der Waals surface area (Å²) in [6.45, 7) is -4.56. The van der Waals surface area contributed by atoms with Crippen LogP contribution in [0.3, 0.4) is 0 Å². The number of carboxylic acid groups (broad SMARTS) is 2. The molecular formula is C68H96N16O42. The lowest BCUT2D eigenvalue weighted by molar-refractivity contribution is -0.790. The number of rotatable bonds is 72. The van der Waals surface area contributed by atoms with Crippen molar-refractivity contribution in [2.24, 2.45) is 23.7 Å². The van der Waals surface area contributed by atoms with E-state index in [9.17, 15) is 149 Å². The Labute approximate surface area is 710 Å². The first-order chi connectivity index (χ1) is 59.7. The monoisotopic (exact) mass is 1810 g/mol. The summed E-state index contributed by atoms with van der Waals surface area (Å²) in [7, 11) is 2.48. The van der Waals surface area contributed by atoms with Crippen molar-refractivity contribution in [2.75, 3.05) is 67.1 Å². The number of nitrogens with zero attached hydrogens (tertiary/aromatic N) is 12. The van der Waals surface area contributed by atoms with Gasteiger partial charge in [0, 0.05) is 163 Å². The van der Waals surface area contributed by atoms with Crippen LogP contribution in [0.25, 0.3) is 0 Å². The van der Waals surface area contributed by atoms with E-state index in [2.05, 4.69) is 78.6 Å². The summed E-state index contributed by atoms with van der Waals surface area (Å²) < 4.78 is 19.4. The number of aromatic nitrogens is 8.